The highest BCUT2D eigenvalue weighted by atomic mass is 16.5. The normalized spacial score (nSPS) is 24.8. The molecule has 0 aromatic carbocycles. The zero-order valence-corrected chi connectivity index (χ0v) is 9.32. The van der Waals surface area contributed by atoms with E-state index in [1.807, 2.05) is 0 Å². The van der Waals surface area contributed by atoms with Gasteiger partial charge in [-0.25, -0.2) is 4.79 Å². The Hall–Kier alpha value is -1.54. The van der Waals surface area contributed by atoms with Crippen molar-refractivity contribution in [2.24, 2.45) is 0 Å². The maximum Gasteiger partial charge on any atom is 0.332 e. The lowest BCUT2D eigenvalue weighted by Gasteiger charge is -2.21. The number of rotatable bonds is 3. The van der Waals surface area contributed by atoms with E-state index in [9.17, 15) is 9.59 Å². The van der Waals surface area contributed by atoms with E-state index < -0.39 is 23.7 Å². The van der Waals surface area contributed by atoms with Crippen LogP contribution in [0.3, 0.4) is 0 Å². The molecule has 5 heteroatoms. The molecular weight excluding hydrogens is 210 g/mol. The molecule has 1 fully saturated rings. The molecule has 0 aliphatic carbocycles. The molecule has 0 aromatic heterocycles. The first-order valence-corrected chi connectivity index (χ1v) is 5.04. The number of nitrogens with one attached hydrogen (secondary N) is 1. The Kier molecular flexibility index (Phi) is 3.55. The third kappa shape index (κ3) is 2.97. The van der Waals surface area contributed by atoms with Crippen LogP contribution >= 0.6 is 0 Å². The number of terminal acetylenes is 1. The average molecular weight is 225 g/mol. The fourth-order valence-corrected chi connectivity index (χ4v) is 1.44. The molecule has 1 aliphatic rings. The molecule has 2 unspecified atom stereocenters. The van der Waals surface area contributed by atoms with Crippen LogP contribution in [0.1, 0.15) is 26.7 Å². The Bertz CT molecular complexity index is 342. The number of carbonyl (C=O) groups is 2. The number of hydrogen-bond donors (Lipinski definition) is 2. The van der Waals surface area contributed by atoms with E-state index in [-0.39, 0.29) is 5.91 Å². The first-order chi connectivity index (χ1) is 7.35. The number of aliphatic carboxylic acids is 1. The SMILES string of the molecule is C#CC(C)(C)NC(=O)C1CCC(C(=O)O)O1. The molecular formula is C11H15NO4. The second kappa shape index (κ2) is 4.54. The number of carboxylic acid groups (broad SMARTS) is 1. The van der Waals surface area contributed by atoms with Gasteiger partial charge in [-0.05, 0) is 26.7 Å². The molecule has 2 N–H and O–H groups in total. The van der Waals surface area contributed by atoms with Crippen molar-refractivity contribution in [3.05, 3.63) is 0 Å². The molecule has 5 nitrogen and oxygen atoms in total. The minimum Gasteiger partial charge on any atom is -0.479 e. The fraction of sp³-hybridized carbons (Fsp3) is 0.636. The van der Waals surface area contributed by atoms with E-state index in [0.717, 1.165) is 0 Å². The molecule has 2 atom stereocenters. The molecule has 0 bridgehead atoms. The van der Waals surface area contributed by atoms with Gasteiger partial charge in [-0.1, -0.05) is 5.92 Å². The first-order valence-electron chi connectivity index (χ1n) is 5.04. The number of carboxylic acids is 1. The molecule has 0 spiro atoms. The van der Waals surface area contributed by atoms with E-state index >= 15 is 0 Å². The van der Waals surface area contributed by atoms with Crippen molar-refractivity contribution in [1.82, 2.24) is 5.32 Å². The Balaban J connectivity index is 2.53. The van der Waals surface area contributed by atoms with E-state index in [1.54, 1.807) is 13.8 Å². The summed E-state index contributed by atoms with van der Waals surface area (Å²) >= 11 is 0. The average Bonchev–Trinajstić information content (AvgIpc) is 2.66. The molecule has 1 aliphatic heterocycles. The fourth-order valence-electron chi connectivity index (χ4n) is 1.44. The monoisotopic (exact) mass is 225 g/mol. The lowest BCUT2D eigenvalue weighted by atomic mass is 10.1. The quantitative estimate of drug-likeness (QED) is 0.670. The van der Waals surface area contributed by atoms with Crippen molar-refractivity contribution in [2.75, 3.05) is 0 Å². The van der Waals surface area contributed by atoms with Crippen molar-refractivity contribution in [3.63, 3.8) is 0 Å². The highest BCUT2D eigenvalue weighted by molar-refractivity contribution is 5.83. The summed E-state index contributed by atoms with van der Waals surface area (Å²) in [6.07, 6.45) is 4.39. The maximum atomic E-state index is 11.7. The Labute approximate surface area is 94.2 Å². The highest BCUT2D eigenvalue weighted by Gasteiger charge is 2.36. The van der Waals surface area contributed by atoms with Crippen molar-refractivity contribution < 1.29 is 19.4 Å². The predicted molar refractivity (Wildman–Crippen MR) is 56.6 cm³/mol. The molecule has 0 radical (unpaired) electrons. The van der Waals surface area contributed by atoms with Crippen LogP contribution in [0, 0.1) is 12.3 Å². The summed E-state index contributed by atoms with van der Waals surface area (Å²) in [4.78, 5) is 22.3. The zero-order chi connectivity index (χ0) is 12.3. The van der Waals surface area contributed by atoms with Crippen LogP contribution < -0.4 is 5.32 Å². The van der Waals surface area contributed by atoms with Crippen LogP contribution in [0.15, 0.2) is 0 Å². The van der Waals surface area contributed by atoms with Gasteiger partial charge in [-0.3, -0.25) is 4.79 Å². The van der Waals surface area contributed by atoms with Gasteiger partial charge in [0.05, 0.1) is 5.54 Å². The van der Waals surface area contributed by atoms with Crippen LogP contribution in [0.2, 0.25) is 0 Å². The molecule has 1 rings (SSSR count). The third-order valence-electron chi connectivity index (χ3n) is 2.38. The van der Waals surface area contributed by atoms with Crippen molar-refractivity contribution in [2.45, 2.75) is 44.4 Å². The van der Waals surface area contributed by atoms with Crippen LogP contribution in [0.4, 0.5) is 0 Å². The van der Waals surface area contributed by atoms with Gasteiger partial charge in [-0.15, -0.1) is 6.42 Å². The summed E-state index contributed by atoms with van der Waals surface area (Å²) in [5, 5.41) is 11.3. The van der Waals surface area contributed by atoms with Gasteiger partial charge in [0.1, 0.15) is 6.10 Å². The second-order valence-corrected chi connectivity index (χ2v) is 4.29. The van der Waals surface area contributed by atoms with E-state index in [4.69, 9.17) is 16.3 Å². The molecule has 1 heterocycles. The van der Waals surface area contributed by atoms with Gasteiger partial charge in [0.25, 0.3) is 0 Å². The summed E-state index contributed by atoms with van der Waals surface area (Å²) in [6, 6.07) is 0. The maximum absolute atomic E-state index is 11.7. The number of carbonyl (C=O) groups excluding carboxylic acids is 1. The third-order valence-corrected chi connectivity index (χ3v) is 2.38. The number of ether oxygens (including phenoxy) is 1. The molecule has 0 saturated carbocycles. The van der Waals surface area contributed by atoms with Gasteiger partial charge < -0.3 is 15.2 Å². The van der Waals surface area contributed by atoms with E-state index in [1.165, 1.54) is 0 Å². The Morgan fingerprint density at radius 3 is 2.44 bits per heavy atom. The molecule has 16 heavy (non-hydrogen) atoms. The van der Waals surface area contributed by atoms with Crippen molar-refractivity contribution in [3.8, 4) is 12.3 Å². The van der Waals surface area contributed by atoms with Crippen molar-refractivity contribution >= 4 is 11.9 Å². The highest BCUT2D eigenvalue weighted by Crippen LogP contribution is 2.20. The second-order valence-electron chi connectivity index (χ2n) is 4.29. The van der Waals surface area contributed by atoms with Crippen molar-refractivity contribution in [1.29, 1.82) is 0 Å². The Morgan fingerprint density at radius 1 is 1.44 bits per heavy atom. The topological polar surface area (TPSA) is 75.6 Å². The first kappa shape index (κ1) is 12.5. The van der Waals surface area contributed by atoms with Gasteiger partial charge in [-0.2, -0.15) is 0 Å². The van der Waals surface area contributed by atoms with Gasteiger partial charge in [0, 0.05) is 0 Å². The van der Waals surface area contributed by atoms with E-state index in [2.05, 4.69) is 11.2 Å². The standard InChI is InChI=1S/C11H15NO4/c1-4-11(2,3)12-9(13)7-5-6-8(16-7)10(14)15/h1,7-8H,5-6H2,2-3H3,(H,12,13)(H,14,15). The summed E-state index contributed by atoms with van der Waals surface area (Å²) in [5.74, 6) is 1.04. The van der Waals surface area contributed by atoms with E-state index in [0.29, 0.717) is 12.8 Å². The van der Waals surface area contributed by atoms with Crippen LogP contribution in [0.5, 0.6) is 0 Å². The summed E-state index contributed by atoms with van der Waals surface area (Å²) in [6.45, 7) is 3.38. The predicted octanol–water partition coefficient (Wildman–Crippen LogP) is 0.147. The lowest BCUT2D eigenvalue weighted by molar-refractivity contribution is -0.152. The van der Waals surface area contributed by atoms with Gasteiger partial charge >= 0.3 is 5.97 Å². The molecule has 88 valence electrons. The minimum absolute atomic E-state index is 0.351. The van der Waals surface area contributed by atoms with Crippen LogP contribution in [-0.2, 0) is 14.3 Å². The zero-order valence-electron chi connectivity index (χ0n) is 9.32. The van der Waals surface area contributed by atoms with Crippen LogP contribution in [0.25, 0.3) is 0 Å². The van der Waals surface area contributed by atoms with Gasteiger partial charge in [0.2, 0.25) is 5.91 Å². The minimum atomic E-state index is -1.04. The number of amides is 1. The molecule has 1 amide bonds. The van der Waals surface area contributed by atoms with Crippen LogP contribution in [-0.4, -0.2) is 34.7 Å². The largest absolute Gasteiger partial charge is 0.479 e. The number of hydrogen-bond acceptors (Lipinski definition) is 3. The summed E-state index contributed by atoms with van der Waals surface area (Å²) in [7, 11) is 0. The smallest absolute Gasteiger partial charge is 0.332 e. The van der Waals surface area contributed by atoms with Gasteiger partial charge in [0.15, 0.2) is 6.10 Å². The summed E-state index contributed by atoms with van der Waals surface area (Å²) in [5.41, 5.74) is -0.748. The molecule has 0 aromatic rings. The Morgan fingerprint density at radius 2 is 2.00 bits per heavy atom. The molecule has 1 saturated heterocycles. The summed E-state index contributed by atoms with van der Waals surface area (Å²) < 4.78 is 5.09. The lowest BCUT2D eigenvalue weighted by Crippen LogP contribution is -2.47.